The van der Waals surface area contributed by atoms with E-state index in [0.29, 0.717) is 6.29 Å². The summed E-state index contributed by atoms with van der Waals surface area (Å²) in [6, 6.07) is -0.903. The molecule has 0 aromatic heterocycles. The molecule has 0 fully saturated rings. The number of carbonyl (C=O) groups excluding carboxylic acids is 1. The molecule has 0 saturated heterocycles. The maximum atomic E-state index is 10.8. The second-order valence-corrected chi connectivity index (χ2v) is 4.72. The van der Waals surface area contributed by atoms with Gasteiger partial charge >= 0.3 is 0 Å². The second-order valence-electron chi connectivity index (χ2n) is 4.72. The number of hydrogen-bond acceptors (Lipinski definition) is 7. The minimum atomic E-state index is -1.38. The molecular formula is C9H20N6O. The average molecular weight is 228 g/mol. The fourth-order valence-corrected chi connectivity index (χ4v) is 1.88. The number of nitrogens with one attached hydrogen (secondary N) is 1. The highest BCUT2D eigenvalue weighted by atomic mass is 16.1. The maximum absolute atomic E-state index is 10.8. The fraction of sp³-hybridized carbons (Fsp3) is 0.778. The van der Waals surface area contributed by atoms with E-state index < -0.39 is 22.9 Å². The van der Waals surface area contributed by atoms with Crippen LogP contribution in [0.3, 0.4) is 0 Å². The Hall–Kier alpha value is -0.860. The summed E-state index contributed by atoms with van der Waals surface area (Å²) in [5, 5.41) is 2.93. The average Bonchev–Trinajstić information content (AvgIpc) is 2.15. The third kappa shape index (κ3) is 1.87. The van der Waals surface area contributed by atoms with E-state index in [4.69, 9.17) is 22.9 Å². The first kappa shape index (κ1) is 13.2. The van der Waals surface area contributed by atoms with Gasteiger partial charge in [0.2, 0.25) is 0 Å². The van der Waals surface area contributed by atoms with Crippen molar-refractivity contribution in [3.8, 4) is 0 Å². The highest BCUT2D eigenvalue weighted by Gasteiger charge is 2.53. The number of hydrogen-bond donors (Lipinski definition) is 5. The third-order valence-corrected chi connectivity index (χ3v) is 2.98. The molecule has 0 amide bonds. The van der Waals surface area contributed by atoms with Crippen molar-refractivity contribution in [2.24, 2.45) is 33.3 Å². The minimum Gasteiger partial charge on any atom is -0.329 e. The van der Waals surface area contributed by atoms with E-state index in [1.165, 1.54) is 6.21 Å². The first-order chi connectivity index (χ1) is 7.21. The van der Waals surface area contributed by atoms with Gasteiger partial charge in [0.1, 0.15) is 17.7 Å². The second kappa shape index (κ2) is 3.86. The molecule has 92 valence electrons. The van der Waals surface area contributed by atoms with Gasteiger partial charge in [-0.2, -0.15) is 0 Å². The van der Waals surface area contributed by atoms with Crippen LogP contribution in [0.1, 0.15) is 13.8 Å². The molecular weight excluding hydrogens is 208 g/mol. The van der Waals surface area contributed by atoms with E-state index >= 15 is 0 Å². The molecule has 0 aromatic rings. The van der Waals surface area contributed by atoms with Crippen LogP contribution in [0.2, 0.25) is 0 Å². The van der Waals surface area contributed by atoms with Crippen molar-refractivity contribution >= 4 is 12.5 Å². The van der Waals surface area contributed by atoms with Gasteiger partial charge in [-0.3, -0.25) is 10.3 Å². The number of carbonyl (C=O) groups is 1. The standard InChI is InChI=1S/C9H20N6O/c1-7(2)14-5-8(4-10,6(11)3-16)9(12,13)15-7/h3,5-6,15H,4,10-13H2,1-2H3. The van der Waals surface area contributed by atoms with E-state index in [1.807, 2.05) is 13.8 Å². The van der Waals surface area contributed by atoms with Crippen LogP contribution in [-0.2, 0) is 4.79 Å². The Morgan fingerprint density at radius 1 is 1.50 bits per heavy atom. The van der Waals surface area contributed by atoms with Crippen molar-refractivity contribution in [2.45, 2.75) is 31.3 Å². The molecule has 7 heteroatoms. The number of nitrogens with two attached hydrogens (primary N) is 4. The predicted octanol–water partition coefficient (Wildman–Crippen LogP) is -2.56. The van der Waals surface area contributed by atoms with E-state index in [9.17, 15) is 4.79 Å². The smallest absolute Gasteiger partial charge is 0.137 e. The van der Waals surface area contributed by atoms with Crippen LogP contribution in [0.5, 0.6) is 0 Å². The Balaban J connectivity index is 3.24. The summed E-state index contributed by atoms with van der Waals surface area (Å²) >= 11 is 0. The van der Waals surface area contributed by atoms with Crippen LogP contribution < -0.4 is 28.3 Å². The zero-order valence-corrected chi connectivity index (χ0v) is 9.60. The molecule has 9 N–H and O–H groups in total. The van der Waals surface area contributed by atoms with E-state index in [0.717, 1.165) is 0 Å². The Morgan fingerprint density at radius 2 is 2.06 bits per heavy atom. The monoisotopic (exact) mass is 228 g/mol. The van der Waals surface area contributed by atoms with Gasteiger partial charge in [-0.05, 0) is 13.8 Å². The number of aliphatic imine (C=N–C) groups is 1. The van der Waals surface area contributed by atoms with Gasteiger partial charge in [0.25, 0.3) is 0 Å². The summed E-state index contributed by atoms with van der Waals surface area (Å²) in [4.78, 5) is 15.1. The van der Waals surface area contributed by atoms with Crippen LogP contribution in [0.4, 0.5) is 0 Å². The molecule has 0 bridgehead atoms. The predicted molar refractivity (Wildman–Crippen MR) is 62.3 cm³/mol. The Morgan fingerprint density at radius 3 is 2.44 bits per heavy atom. The lowest BCUT2D eigenvalue weighted by molar-refractivity contribution is -0.111. The van der Waals surface area contributed by atoms with Crippen molar-refractivity contribution in [1.29, 1.82) is 0 Å². The van der Waals surface area contributed by atoms with E-state index in [1.54, 1.807) is 0 Å². The molecule has 7 nitrogen and oxygen atoms in total. The van der Waals surface area contributed by atoms with Gasteiger partial charge in [0.15, 0.2) is 0 Å². The van der Waals surface area contributed by atoms with Crippen LogP contribution in [-0.4, -0.2) is 36.5 Å². The van der Waals surface area contributed by atoms with Gasteiger partial charge in [0.05, 0.1) is 11.5 Å². The summed E-state index contributed by atoms with van der Waals surface area (Å²) in [7, 11) is 0. The molecule has 16 heavy (non-hydrogen) atoms. The summed E-state index contributed by atoms with van der Waals surface area (Å²) in [5.74, 6) is -1.38. The van der Waals surface area contributed by atoms with Gasteiger partial charge in [-0.25, -0.2) is 0 Å². The molecule has 1 aliphatic rings. The molecule has 0 radical (unpaired) electrons. The zero-order valence-electron chi connectivity index (χ0n) is 9.60. The summed E-state index contributed by atoms with van der Waals surface area (Å²) in [5.41, 5.74) is 21.6. The number of aldehydes is 1. The molecule has 2 unspecified atom stereocenters. The first-order valence-corrected chi connectivity index (χ1v) is 5.05. The van der Waals surface area contributed by atoms with Crippen LogP contribution in [0.15, 0.2) is 4.99 Å². The SMILES string of the molecule is CC1(C)N=CC(CN)(C(N)C=O)C(N)(N)N1. The summed E-state index contributed by atoms with van der Waals surface area (Å²) in [6.07, 6.45) is 2.08. The van der Waals surface area contributed by atoms with Crippen LogP contribution in [0.25, 0.3) is 0 Å². The number of nitrogens with zero attached hydrogens (tertiary/aromatic N) is 1. The Kier molecular flexibility index (Phi) is 3.19. The molecule has 0 aromatic carbocycles. The minimum absolute atomic E-state index is 0.0342. The Bertz CT molecular complexity index is 313. The lowest BCUT2D eigenvalue weighted by Crippen LogP contribution is -2.82. The highest BCUT2D eigenvalue weighted by molar-refractivity contribution is 5.78. The lowest BCUT2D eigenvalue weighted by atomic mass is 9.74. The molecule has 2 atom stereocenters. The van der Waals surface area contributed by atoms with Crippen molar-refractivity contribution in [2.75, 3.05) is 6.54 Å². The van der Waals surface area contributed by atoms with Crippen LogP contribution in [0, 0.1) is 5.41 Å². The fourth-order valence-electron chi connectivity index (χ4n) is 1.88. The van der Waals surface area contributed by atoms with Crippen molar-refractivity contribution < 1.29 is 4.79 Å². The lowest BCUT2D eigenvalue weighted by Gasteiger charge is -2.51. The van der Waals surface area contributed by atoms with Crippen molar-refractivity contribution in [3.63, 3.8) is 0 Å². The van der Waals surface area contributed by atoms with Gasteiger partial charge in [-0.1, -0.05) is 0 Å². The highest BCUT2D eigenvalue weighted by Crippen LogP contribution is 2.30. The van der Waals surface area contributed by atoms with Gasteiger partial charge in [0, 0.05) is 12.8 Å². The van der Waals surface area contributed by atoms with Crippen molar-refractivity contribution in [1.82, 2.24) is 5.32 Å². The molecule has 1 aliphatic heterocycles. The van der Waals surface area contributed by atoms with Crippen molar-refractivity contribution in [3.05, 3.63) is 0 Å². The zero-order chi connectivity index (χ0) is 12.6. The molecule has 0 spiro atoms. The summed E-state index contributed by atoms with van der Waals surface area (Å²) in [6.45, 7) is 3.65. The van der Waals surface area contributed by atoms with Gasteiger partial charge < -0.3 is 27.7 Å². The molecule has 0 saturated carbocycles. The normalized spacial score (nSPS) is 33.4. The first-order valence-electron chi connectivity index (χ1n) is 5.05. The molecule has 0 aliphatic carbocycles. The Labute approximate surface area is 94.6 Å². The summed E-state index contributed by atoms with van der Waals surface area (Å²) < 4.78 is 0. The molecule has 1 rings (SSSR count). The quantitative estimate of drug-likeness (QED) is 0.265. The van der Waals surface area contributed by atoms with Gasteiger partial charge in [-0.15, -0.1) is 0 Å². The maximum Gasteiger partial charge on any atom is 0.137 e. The third-order valence-electron chi connectivity index (χ3n) is 2.98. The topological polar surface area (TPSA) is 146 Å². The molecule has 1 heterocycles. The van der Waals surface area contributed by atoms with E-state index in [2.05, 4.69) is 10.3 Å². The van der Waals surface area contributed by atoms with Crippen LogP contribution >= 0.6 is 0 Å². The number of rotatable bonds is 3. The van der Waals surface area contributed by atoms with E-state index in [-0.39, 0.29) is 6.54 Å². The largest absolute Gasteiger partial charge is 0.329 e.